The average Bonchev–Trinajstić information content (AvgIpc) is 3.19. The van der Waals surface area contributed by atoms with Gasteiger partial charge >= 0.3 is 6.36 Å². The monoisotopic (exact) mass is 468 g/mol. The van der Waals surface area contributed by atoms with Gasteiger partial charge in [0.25, 0.3) is 0 Å². The molecule has 13 heteroatoms. The second kappa shape index (κ2) is 8.39. The molecular formula is C19H19F3N6O3S. The van der Waals surface area contributed by atoms with Gasteiger partial charge in [-0.1, -0.05) is 12.1 Å². The van der Waals surface area contributed by atoms with Gasteiger partial charge in [0.15, 0.2) is 0 Å². The van der Waals surface area contributed by atoms with Crippen LogP contribution in [0.5, 0.6) is 5.75 Å². The third-order valence-electron chi connectivity index (χ3n) is 4.97. The number of benzene rings is 1. The Morgan fingerprint density at radius 1 is 1.00 bits per heavy atom. The van der Waals surface area contributed by atoms with E-state index in [-0.39, 0.29) is 13.1 Å². The number of alkyl halides is 3. The molecule has 0 unspecified atom stereocenters. The Kier molecular flexibility index (Phi) is 5.77. The minimum Gasteiger partial charge on any atom is -0.404 e. The number of halogens is 3. The first-order valence-electron chi connectivity index (χ1n) is 9.57. The van der Waals surface area contributed by atoms with E-state index in [2.05, 4.69) is 19.7 Å². The van der Waals surface area contributed by atoms with Gasteiger partial charge in [0, 0.05) is 44.6 Å². The third kappa shape index (κ3) is 4.53. The molecule has 0 bridgehead atoms. The molecule has 0 aliphatic carbocycles. The second-order valence-corrected chi connectivity index (χ2v) is 8.87. The van der Waals surface area contributed by atoms with Crippen molar-refractivity contribution in [2.75, 3.05) is 31.1 Å². The highest BCUT2D eigenvalue weighted by molar-refractivity contribution is 7.89. The molecule has 3 heterocycles. The van der Waals surface area contributed by atoms with Crippen molar-refractivity contribution in [1.29, 1.82) is 0 Å². The normalized spacial score (nSPS) is 15.7. The molecule has 3 aromatic rings. The van der Waals surface area contributed by atoms with Crippen molar-refractivity contribution >= 4 is 15.8 Å². The van der Waals surface area contributed by atoms with Gasteiger partial charge in [0.1, 0.15) is 34.4 Å². The highest BCUT2D eigenvalue weighted by Crippen LogP contribution is 2.32. The molecular weight excluding hydrogens is 449 g/mol. The fraction of sp³-hybridized carbons (Fsp3) is 0.316. The number of nitrogens with zero attached hydrogens (tertiary/aromatic N) is 6. The summed E-state index contributed by atoms with van der Waals surface area (Å²) in [6, 6.07) is 6.50. The van der Waals surface area contributed by atoms with Crippen LogP contribution in [0.1, 0.15) is 5.82 Å². The van der Waals surface area contributed by atoms with Crippen LogP contribution in [-0.4, -0.2) is 64.8 Å². The van der Waals surface area contributed by atoms with Crippen molar-refractivity contribution in [3.05, 3.63) is 54.9 Å². The molecule has 0 spiro atoms. The smallest absolute Gasteiger partial charge is 0.404 e. The van der Waals surface area contributed by atoms with Crippen molar-refractivity contribution in [2.24, 2.45) is 0 Å². The lowest BCUT2D eigenvalue weighted by atomic mass is 10.3. The lowest BCUT2D eigenvalue weighted by molar-refractivity contribution is -0.275. The molecule has 1 aromatic carbocycles. The van der Waals surface area contributed by atoms with Gasteiger partial charge in [0.2, 0.25) is 10.0 Å². The molecule has 0 radical (unpaired) electrons. The van der Waals surface area contributed by atoms with Crippen molar-refractivity contribution < 1.29 is 26.3 Å². The van der Waals surface area contributed by atoms with Gasteiger partial charge in [-0.25, -0.2) is 23.4 Å². The quantitative estimate of drug-likeness (QED) is 0.568. The molecule has 1 aliphatic rings. The number of imidazole rings is 1. The number of piperazine rings is 1. The lowest BCUT2D eigenvalue weighted by Crippen LogP contribution is -2.49. The molecule has 9 nitrogen and oxygen atoms in total. The predicted octanol–water partition coefficient (Wildman–Crippen LogP) is 2.38. The standard InChI is InChI=1S/C19H19F3N6O3S/c1-14-23-6-7-28(14)18-12-17(24-13-25-18)26-8-10-27(11-9-26)32(29,30)16-5-3-2-4-15(16)31-19(20,21)22/h2-7,12-13H,8-11H2,1H3. The first kappa shape index (κ1) is 22.0. The van der Waals surface area contributed by atoms with Crippen LogP contribution < -0.4 is 9.64 Å². The second-order valence-electron chi connectivity index (χ2n) is 6.96. The van der Waals surface area contributed by atoms with E-state index < -0.39 is 27.0 Å². The summed E-state index contributed by atoms with van der Waals surface area (Å²) in [4.78, 5) is 14.0. The molecule has 0 N–H and O–H groups in total. The molecule has 0 amide bonds. The van der Waals surface area contributed by atoms with Crippen LogP contribution in [0.4, 0.5) is 19.0 Å². The van der Waals surface area contributed by atoms with Crippen LogP contribution in [-0.2, 0) is 10.0 Å². The van der Waals surface area contributed by atoms with Crippen molar-refractivity contribution in [2.45, 2.75) is 18.2 Å². The molecule has 2 aromatic heterocycles. The van der Waals surface area contributed by atoms with Crippen LogP contribution in [0.25, 0.3) is 5.82 Å². The molecule has 1 saturated heterocycles. The minimum absolute atomic E-state index is 0.0755. The zero-order chi connectivity index (χ0) is 22.9. The van der Waals surface area contributed by atoms with Crippen LogP contribution in [0.2, 0.25) is 0 Å². The summed E-state index contributed by atoms with van der Waals surface area (Å²) < 4.78 is 71.0. The molecule has 170 valence electrons. The van der Waals surface area contributed by atoms with Crippen LogP contribution in [0.15, 0.2) is 53.9 Å². The van der Waals surface area contributed by atoms with Gasteiger partial charge in [0.05, 0.1) is 0 Å². The topological polar surface area (TPSA) is 93.5 Å². The van der Waals surface area contributed by atoms with E-state index in [9.17, 15) is 21.6 Å². The Morgan fingerprint density at radius 2 is 1.69 bits per heavy atom. The van der Waals surface area contributed by atoms with E-state index in [0.29, 0.717) is 24.7 Å². The minimum atomic E-state index is -5.00. The van der Waals surface area contributed by atoms with Crippen molar-refractivity contribution in [3.63, 3.8) is 0 Å². The van der Waals surface area contributed by atoms with Crippen LogP contribution >= 0.6 is 0 Å². The first-order valence-corrected chi connectivity index (χ1v) is 11.0. The molecule has 1 fully saturated rings. The van der Waals surface area contributed by atoms with Gasteiger partial charge in [-0.05, 0) is 19.1 Å². The summed E-state index contributed by atoms with van der Waals surface area (Å²) in [5.41, 5.74) is 0. The predicted molar refractivity (Wildman–Crippen MR) is 108 cm³/mol. The van der Waals surface area contributed by atoms with Gasteiger partial charge in [-0.15, -0.1) is 13.2 Å². The number of aromatic nitrogens is 4. The Bertz CT molecular complexity index is 1210. The number of ether oxygens (including phenoxy) is 1. The van der Waals surface area contributed by atoms with E-state index in [1.54, 1.807) is 23.0 Å². The summed E-state index contributed by atoms with van der Waals surface area (Å²) >= 11 is 0. The highest BCUT2D eigenvalue weighted by Gasteiger charge is 2.36. The number of hydrogen-bond acceptors (Lipinski definition) is 7. The van der Waals surface area contributed by atoms with E-state index in [4.69, 9.17) is 0 Å². The van der Waals surface area contributed by atoms with E-state index in [1.807, 2.05) is 11.8 Å². The van der Waals surface area contributed by atoms with Crippen LogP contribution in [0, 0.1) is 6.92 Å². The van der Waals surface area contributed by atoms with E-state index in [0.717, 1.165) is 22.3 Å². The fourth-order valence-electron chi connectivity index (χ4n) is 3.43. The lowest BCUT2D eigenvalue weighted by Gasteiger charge is -2.34. The number of rotatable bonds is 5. The first-order chi connectivity index (χ1) is 15.1. The number of para-hydroxylation sites is 1. The number of aryl methyl sites for hydroxylation is 1. The third-order valence-corrected chi connectivity index (χ3v) is 6.90. The van der Waals surface area contributed by atoms with Crippen LogP contribution in [0.3, 0.4) is 0 Å². The number of anilines is 1. The molecule has 0 saturated carbocycles. The molecule has 0 atom stereocenters. The highest BCUT2D eigenvalue weighted by atomic mass is 32.2. The zero-order valence-corrected chi connectivity index (χ0v) is 17.7. The van der Waals surface area contributed by atoms with Crippen molar-refractivity contribution in [1.82, 2.24) is 23.8 Å². The maximum Gasteiger partial charge on any atom is 0.573 e. The maximum atomic E-state index is 13.0. The molecule has 1 aliphatic heterocycles. The van der Waals surface area contributed by atoms with Crippen molar-refractivity contribution in [3.8, 4) is 11.6 Å². The molecule has 32 heavy (non-hydrogen) atoms. The Balaban J connectivity index is 1.51. The average molecular weight is 468 g/mol. The Morgan fingerprint density at radius 3 is 2.34 bits per heavy atom. The largest absolute Gasteiger partial charge is 0.573 e. The van der Waals surface area contributed by atoms with Gasteiger partial charge in [-0.3, -0.25) is 4.57 Å². The van der Waals surface area contributed by atoms with Gasteiger partial charge < -0.3 is 9.64 Å². The number of hydrogen-bond donors (Lipinski definition) is 0. The summed E-state index contributed by atoms with van der Waals surface area (Å²) in [6.07, 6.45) is -0.159. The Labute approximate surface area is 182 Å². The molecule has 4 rings (SSSR count). The fourth-order valence-corrected chi connectivity index (χ4v) is 4.97. The Hall–Kier alpha value is -3.19. The summed E-state index contributed by atoms with van der Waals surface area (Å²) in [5, 5.41) is 0. The number of sulfonamides is 1. The maximum absolute atomic E-state index is 13.0. The van der Waals surface area contributed by atoms with E-state index in [1.165, 1.54) is 18.5 Å². The summed E-state index contributed by atoms with van der Waals surface area (Å²) in [7, 11) is -4.18. The van der Waals surface area contributed by atoms with E-state index >= 15 is 0 Å². The SMILES string of the molecule is Cc1nccn1-c1cc(N2CCN(S(=O)(=O)c3ccccc3OC(F)(F)F)CC2)ncn1. The van der Waals surface area contributed by atoms with Gasteiger partial charge in [-0.2, -0.15) is 4.31 Å². The zero-order valence-electron chi connectivity index (χ0n) is 16.9. The summed E-state index contributed by atoms with van der Waals surface area (Å²) in [6.45, 7) is 2.60. The summed E-state index contributed by atoms with van der Waals surface area (Å²) in [5.74, 6) is 1.24.